The van der Waals surface area contributed by atoms with Crippen LogP contribution in [0.2, 0.25) is 0 Å². The number of nitrogens with one attached hydrogen (secondary N) is 2. The van der Waals surface area contributed by atoms with Gasteiger partial charge in [-0.25, -0.2) is 0 Å². The second-order valence-corrected chi connectivity index (χ2v) is 6.58. The first-order chi connectivity index (χ1) is 12.7. The van der Waals surface area contributed by atoms with E-state index in [4.69, 9.17) is 4.42 Å². The second kappa shape index (κ2) is 9.20. The summed E-state index contributed by atoms with van der Waals surface area (Å²) in [5, 5.41) is 5.65. The molecule has 1 saturated heterocycles. The van der Waals surface area contributed by atoms with Gasteiger partial charge in [0.1, 0.15) is 0 Å². The van der Waals surface area contributed by atoms with Crippen LogP contribution in [0.15, 0.2) is 53.1 Å². The number of carbonyl (C=O) groups excluding carboxylic acids is 2. The highest BCUT2D eigenvalue weighted by Gasteiger charge is 2.25. The summed E-state index contributed by atoms with van der Waals surface area (Å²) in [7, 11) is 0. The Labute approximate surface area is 153 Å². The second-order valence-electron chi connectivity index (χ2n) is 6.58. The molecule has 26 heavy (non-hydrogen) atoms. The summed E-state index contributed by atoms with van der Waals surface area (Å²) in [5.74, 6) is 0.0827. The first kappa shape index (κ1) is 18.2. The number of hydrogen-bond acceptors (Lipinski definition) is 4. The zero-order valence-corrected chi connectivity index (χ0v) is 14.8. The minimum absolute atomic E-state index is 0.00763. The topological polar surface area (TPSA) is 74.6 Å². The lowest BCUT2D eigenvalue weighted by atomic mass is 9.96. The van der Waals surface area contributed by atoms with Crippen LogP contribution >= 0.6 is 0 Å². The van der Waals surface area contributed by atoms with Gasteiger partial charge >= 0.3 is 0 Å². The van der Waals surface area contributed by atoms with Gasteiger partial charge in [0.25, 0.3) is 5.91 Å². The van der Waals surface area contributed by atoms with E-state index in [-0.39, 0.29) is 23.5 Å². The first-order valence-corrected chi connectivity index (χ1v) is 9.08. The van der Waals surface area contributed by atoms with Crippen LogP contribution in [0.25, 0.3) is 0 Å². The van der Waals surface area contributed by atoms with Crippen LogP contribution in [0.3, 0.4) is 0 Å². The molecule has 6 heteroatoms. The van der Waals surface area contributed by atoms with Crippen LogP contribution in [0.1, 0.15) is 29.0 Å². The molecular weight excluding hydrogens is 330 g/mol. The molecule has 1 atom stereocenters. The number of furan rings is 1. The third kappa shape index (κ3) is 5.20. The number of amides is 2. The molecule has 1 aliphatic heterocycles. The maximum absolute atomic E-state index is 12.4. The lowest BCUT2D eigenvalue weighted by Crippen LogP contribution is -2.44. The maximum atomic E-state index is 12.4. The molecule has 138 valence electrons. The zero-order chi connectivity index (χ0) is 18.2. The lowest BCUT2D eigenvalue weighted by Gasteiger charge is -2.32. The van der Waals surface area contributed by atoms with Crippen molar-refractivity contribution < 1.29 is 14.0 Å². The summed E-state index contributed by atoms with van der Waals surface area (Å²) in [4.78, 5) is 26.5. The number of carbonyl (C=O) groups is 2. The van der Waals surface area contributed by atoms with Gasteiger partial charge in [-0.05, 0) is 37.1 Å². The van der Waals surface area contributed by atoms with Crippen LogP contribution in [0, 0.1) is 5.92 Å². The predicted octanol–water partition coefficient (Wildman–Crippen LogP) is 2.04. The average molecular weight is 355 g/mol. The first-order valence-electron chi connectivity index (χ1n) is 9.08. The molecule has 0 aliphatic carbocycles. The Morgan fingerprint density at radius 2 is 1.88 bits per heavy atom. The smallest absolute Gasteiger partial charge is 0.287 e. The van der Waals surface area contributed by atoms with E-state index in [1.807, 2.05) is 18.2 Å². The van der Waals surface area contributed by atoms with E-state index in [1.165, 1.54) is 11.8 Å². The minimum Gasteiger partial charge on any atom is -0.459 e. The van der Waals surface area contributed by atoms with Crippen molar-refractivity contribution in [3.05, 3.63) is 60.1 Å². The quantitative estimate of drug-likeness (QED) is 0.746. The molecule has 0 spiro atoms. The third-order valence-electron chi connectivity index (χ3n) is 4.58. The molecule has 1 fully saturated rings. The van der Waals surface area contributed by atoms with Crippen molar-refractivity contribution >= 4 is 11.8 Å². The third-order valence-corrected chi connectivity index (χ3v) is 4.58. The van der Waals surface area contributed by atoms with Crippen molar-refractivity contribution in [2.75, 3.05) is 26.2 Å². The van der Waals surface area contributed by atoms with E-state index >= 15 is 0 Å². The zero-order valence-electron chi connectivity index (χ0n) is 14.8. The highest BCUT2D eigenvalue weighted by molar-refractivity contribution is 5.91. The molecule has 3 rings (SSSR count). The molecular formula is C20H25N3O3. The van der Waals surface area contributed by atoms with Gasteiger partial charge in [0.05, 0.1) is 12.2 Å². The van der Waals surface area contributed by atoms with Crippen LogP contribution in [0.5, 0.6) is 0 Å². The number of piperidine rings is 1. The molecule has 2 N–H and O–H groups in total. The molecule has 1 aliphatic rings. The van der Waals surface area contributed by atoms with E-state index < -0.39 is 0 Å². The Morgan fingerprint density at radius 3 is 2.65 bits per heavy atom. The number of hydrogen-bond donors (Lipinski definition) is 2. The molecule has 0 bridgehead atoms. The van der Waals surface area contributed by atoms with Gasteiger partial charge in [0.2, 0.25) is 5.91 Å². The van der Waals surface area contributed by atoms with Crippen LogP contribution in [-0.4, -0.2) is 42.9 Å². The summed E-state index contributed by atoms with van der Waals surface area (Å²) < 4.78 is 5.02. The van der Waals surface area contributed by atoms with Gasteiger partial charge in [-0.3, -0.25) is 14.5 Å². The standard InChI is InChI=1S/C20H25N3O3/c24-19(21-10-11-22-20(25)18-9-5-13-26-18)17-8-4-12-23(15-17)14-16-6-2-1-3-7-16/h1-3,5-7,9,13,17H,4,8,10-12,14-15H2,(H,21,24)(H,22,25). The van der Waals surface area contributed by atoms with Crippen molar-refractivity contribution in [3.63, 3.8) is 0 Å². The fraction of sp³-hybridized carbons (Fsp3) is 0.400. The SMILES string of the molecule is O=C(NCCNC(=O)C1CCCN(Cc2ccccc2)C1)c1ccco1. The molecule has 0 saturated carbocycles. The van der Waals surface area contributed by atoms with Gasteiger partial charge in [-0.15, -0.1) is 0 Å². The molecule has 2 heterocycles. The molecule has 1 unspecified atom stereocenters. The predicted molar refractivity (Wildman–Crippen MR) is 98.5 cm³/mol. The molecule has 1 aromatic heterocycles. The van der Waals surface area contributed by atoms with Crippen molar-refractivity contribution in [3.8, 4) is 0 Å². The van der Waals surface area contributed by atoms with E-state index in [0.29, 0.717) is 13.1 Å². The average Bonchev–Trinajstić information content (AvgIpc) is 3.21. The largest absolute Gasteiger partial charge is 0.459 e. The highest BCUT2D eigenvalue weighted by atomic mass is 16.3. The summed E-state index contributed by atoms with van der Waals surface area (Å²) in [5.41, 5.74) is 1.27. The summed E-state index contributed by atoms with van der Waals surface area (Å²) >= 11 is 0. The monoisotopic (exact) mass is 355 g/mol. The number of nitrogens with zero attached hydrogens (tertiary/aromatic N) is 1. The Morgan fingerprint density at radius 1 is 1.08 bits per heavy atom. The number of benzene rings is 1. The van der Waals surface area contributed by atoms with Crippen LogP contribution < -0.4 is 10.6 Å². The van der Waals surface area contributed by atoms with Gasteiger partial charge in [0, 0.05) is 26.2 Å². The van der Waals surface area contributed by atoms with Gasteiger partial charge in [-0.1, -0.05) is 30.3 Å². The van der Waals surface area contributed by atoms with Gasteiger partial charge < -0.3 is 15.1 Å². The minimum atomic E-state index is -0.268. The molecule has 0 radical (unpaired) electrons. The Bertz CT molecular complexity index is 700. The van der Waals surface area contributed by atoms with E-state index in [9.17, 15) is 9.59 Å². The molecule has 2 aromatic rings. The normalized spacial score (nSPS) is 17.6. The Kier molecular flexibility index (Phi) is 6.44. The van der Waals surface area contributed by atoms with Crippen molar-refractivity contribution in [1.82, 2.24) is 15.5 Å². The van der Waals surface area contributed by atoms with Crippen molar-refractivity contribution in [2.24, 2.45) is 5.92 Å². The number of likely N-dealkylation sites (tertiary alicyclic amines) is 1. The molecule has 1 aromatic carbocycles. The Balaban J connectivity index is 1.38. The van der Waals surface area contributed by atoms with Crippen molar-refractivity contribution in [1.29, 1.82) is 0 Å². The summed E-state index contributed by atoms with van der Waals surface area (Å²) in [6.45, 7) is 3.48. The van der Waals surface area contributed by atoms with Crippen LogP contribution in [-0.2, 0) is 11.3 Å². The van der Waals surface area contributed by atoms with Gasteiger partial charge in [-0.2, -0.15) is 0 Å². The number of rotatable bonds is 7. The fourth-order valence-corrected chi connectivity index (χ4v) is 3.26. The van der Waals surface area contributed by atoms with E-state index in [2.05, 4.69) is 27.7 Å². The van der Waals surface area contributed by atoms with Crippen molar-refractivity contribution in [2.45, 2.75) is 19.4 Å². The summed E-state index contributed by atoms with van der Waals surface area (Å²) in [6.07, 6.45) is 3.40. The van der Waals surface area contributed by atoms with Gasteiger partial charge in [0.15, 0.2) is 5.76 Å². The summed E-state index contributed by atoms with van der Waals surface area (Å²) in [6, 6.07) is 13.6. The van der Waals surface area contributed by atoms with E-state index in [1.54, 1.807) is 12.1 Å². The lowest BCUT2D eigenvalue weighted by molar-refractivity contribution is -0.126. The molecule has 6 nitrogen and oxygen atoms in total. The fourth-order valence-electron chi connectivity index (χ4n) is 3.26. The van der Waals surface area contributed by atoms with E-state index in [0.717, 1.165) is 32.5 Å². The molecule has 2 amide bonds. The maximum Gasteiger partial charge on any atom is 0.287 e. The highest BCUT2D eigenvalue weighted by Crippen LogP contribution is 2.18. The Hall–Kier alpha value is -2.60. The van der Waals surface area contributed by atoms with Crippen LogP contribution in [0.4, 0.5) is 0 Å².